The third kappa shape index (κ3) is 2.36. The van der Waals surface area contributed by atoms with Gasteiger partial charge in [0.05, 0.1) is 5.56 Å². The van der Waals surface area contributed by atoms with Gasteiger partial charge < -0.3 is 10.5 Å². The van der Waals surface area contributed by atoms with Crippen molar-refractivity contribution in [3.05, 3.63) is 17.8 Å². The van der Waals surface area contributed by atoms with Crippen LogP contribution in [0.3, 0.4) is 0 Å². The molecular weight excluding hydrogens is 178 g/mol. The second-order valence-corrected chi connectivity index (χ2v) is 3.90. The molecule has 0 amide bonds. The number of ether oxygens (including phenoxy) is 1. The second kappa shape index (κ2) is 3.54. The van der Waals surface area contributed by atoms with Gasteiger partial charge >= 0.3 is 0 Å². The van der Waals surface area contributed by atoms with Crippen LogP contribution in [0.1, 0.15) is 26.3 Å². The standard InChI is InChI=1S/C10H13N3O/c1-10(2,3)14-9-8(12)7(6-11)4-5-13-9/h4-5H,12H2,1-3H3. The zero-order valence-corrected chi connectivity index (χ0v) is 8.53. The Balaban J connectivity index is 3.06. The number of hydrogen-bond acceptors (Lipinski definition) is 4. The molecule has 74 valence electrons. The van der Waals surface area contributed by atoms with Crippen molar-refractivity contribution in [1.82, 2.24) is 4.98 Å². The van der Waals surface area contributed by atoms with Gasteiger partial charge in [0.1, 0.15) is 17.4 Å². The summed E-state index contributed by atoms with van der Waals surface area (Å²) in [6.45, 7) is 5.69. The Bertz CT molecular complexity index is 374. The molecule has 0 saturated carbocycles. The fourth-order valence-corrected chi connectivity index (χ4v) is 0.923. The minimum absolute atomic E-state index is 0.296. The first-order valence-corrected chi connectivity index (χ1v) is 4.27. The summed E-state index contributed by atoms with van der Waals surface area (Å²) in [6, 6.07) is 3.54. The molecule has 4 nitrogen and oxygen atoms in total. The van der Waals surface area contributed by atoms with E-state index >= 15 is 0 Å². The van der Waals surface area contributed by atoms with Gasteiger partial charge in [-0.3, -0.25) is 0 Å². The molecule has 0 fully saturated rings. The average molecular weight is 191 g/mol. The third-order valence-corrected chi connectivity index (χ3v) is 1.48. The molecule has 0 aliphatic heterocycles. The molecule has 1 aromatic heterocycles. The molecule has 0 unspecified atom stereocenters. The van der Waals surface area contributed by atoms with Crippen LogP contribution in [0.2, 0.25) is 0 Å². The number of aromatic nitrogens is 1. The van der Waals surface area contributed by atoms with Gasteiger partial charge in [-0.05, 0) is 26.8 Å². The predicted molar refractivity (Wildman–Crippen MR) is 53.7 cm³/mol. The summed E-state index contributed by atoms with van der Waals surface area (Å²) in [5.74, 6) is 0.316. The van der Waals surface area contributed by atoms with Crippen molar-refractivity contribution in [2.24, 2.45) is 0 Å². The van der Waals surface area contributed by atoms with E-state index in [2.05, 4.69) is 4.98 Å². The van der Waals surface area contributed by atoms with Crippen LogP contribution in [0.5, 0.6) is 5.88 Å². The molecule has 1 rings (SSSR count). The molecule has 0 atom stereocenters. The molecule has 1 heterocycles. The maximum Gasteiger partial charge on any atom is 0.239 e. The minimum Gasteiger partial charge on any atom is -0.470 e. The quantitative estimate of drug-likeness (QED) is 0.733. The highest BCUT2D eigenvalue weighted by Crippen LogP contribution is 2.24. The highest BCUT2D eigenvalue weighted by Gasteiger charge is 2.16. The van der Waals surface area contributed by atoms with Gasteiger partial charge in [-0.15, -0.1) is 0 Å². The van der Waals surface area contributed by atoms with Crippen molar-refractivity contribution in [3.8, 4) is 11.9 Å². The molecule has 0 bridgehead atoms. The van der Waals surface area contributed by atoms with Gasteiger partial charge in [-0.2, -0.15) is 5.26 Å². The number of rotatable bonds is 1. The summed E-state index contributed by atoms with van der Waals surface area (Å²) in [5, 5.41) is 8.73. The monoisotopic (exact) mass is 191 g/mol. The first-order chi connectivity index (χ1) is 6.44. The smallest absolute Gasteiger partial charge is 0.239 e. The maximum absolute atomic E-state index is 8.73. The van der Waals surface area contributed by atoms with Crippen LogP contribution < -0.4 is 10.5 Å². The fraction of sp³-hybridized carbons (Fsp3) is 0.400. The van der Waals surface area contributed by atoms with Crippen molar-refractivity contribution in [1.29, 1.82) is 5.26 Å². The van der Waals surface area contributed by atoms with Crippen molar-refractivity contribution < 1.29 is 4.74 Å². The van der Waals surface area contributed by atoms with Gasteiger partial charge in [0, 0.05) is 6.20 Å². The Morgan fingerprint density at radius 3 is 2.64 bits per heavy atom. The molecule has 4 heteroatoms. The highest BCUT2D eigenvalue weighted by atomic mass is 16.5. The Morgan fingerprint density at radius 2 is 2.14 bits per heavy atom. The van der Waals surface area contributed by atoms with Crippen LogP contribution in [0.15, 0.2) is 12.3 Å². The molecule has 0 saturated heterocycles. The lowest BCUT2D eigenvalue weighted by Crippen LogP contribution is -2.24. The zero-order valence-electron chi connectivity index (χ0n) is 8.53. The molecule has 1 aromatic rings. The molecule has 0 spiro atoms. The van der Waals surface area contributed by atoms with E-state index in [4.69, 9.17) is 15.7 Å². The average Bonchev–Trinajstić information content (AvgIpc) is 2.06. The van der Waals surface area contributed by atoms with E-state index in [1.54, 1.807) is 6.07 Å². The van der Waals surface area contributed by atoms with Crippen molar-refractivity contribution in [2.45, 2.75) is 26.4 Å². The third-order valence-electron chi connectivity index (χ3n) is 1.48. The minimum atomic E-state index is -0.366. The number of nitriles is 1. The molecule has 0 aliphatic carbocycles. The van der Waals surface area contributed by atoms with E-state index in [0.717, 1.165) is 0 Å². The van der Waals surface area contributed by atoms with E-state index in [0.29, 0.717) is 17.1 Å². The number of anilines is 1. The Kier molecular flexibility index (Phi) is 2.61. The van der Waals surface area contributed by atoms with Crippen molar-refractivity contribution in [2.75, 3.05) is 5.73 Å². The molecule has 2 N–H and O–H groups in total. The van der Waals surface area contributed by atoms with Crippen LogP contribution in [0, 0.1) is 11.3 Å². The lowest BCUT2D eigenvalue weighted by Gasteiger charge is -2.21. The molecule has 0 aliphatic rings. The predicted octanol–water partition coefficient (Wildman–Crippen LogP) is 1.71. The first kappa shape index (κ1) is 10.3. The van der Waals surface area contributed by atoms with Crippen LogP contribution >= 0.6 is 0 Å². The largest absolute Gasteiger partial charge is 0.470 e. The lowest BCUT2D eigenvalue weighted by molar-refractivity contribution is 0.125. The van der Waals surface area contributed by atoms with E-state index < -0.39 is 0 Å². The van der Waals surface area contributed by atoms with E-state index in [9.17, 15) is 0 Å². The highest BCUT2D eigenvalue weighted by molar-refractivity contribution is 5.59. The number of nitrogens with zero attached hydrogens (tertiary/aromatic N) is 2. The van der Waals surface area contributed by atoms with E-state index in [1.807, 2.05) is 26.8 Å². The van der Waals surface area contributed by atoms with Crippen LogP contribution in [0.25, 0.3) is 0 Å². The summed E-state index contributed by atoms with van der Waals surface area (Å²) >= 11 is 0. The second-order valence-electron chi connectivity index (χ2n) is 3.90. The molecule has 14 heavy (non-hydrogen) atoms. The fourth-order valence-electron chi connectivity index (χ4n) is 0.923. The van der Waals surface area contributed by atoms with Crippen LogP contribution in [-0.4, -0.2) is 10.6 Å². The zero-order chi connectivity index (χ0) is 10.8. The Hall–Kier alpha value is -1.76. The summed E-state index contributed by atoms with van der Waals surface area (Å²) in [6.07, 6.45) is 1.51. The molecular formula is C10H13N3O. The number of pyridine rings is 1. The van der Waals surface area contributed by atoms with Crippen LogP contribution in [-0.2, 0) is 0 Å². The van der Waals surface area contributed by atoms with Gasteiger partial charge in [0.25, 0.3) is 0 Å². The first-order valence-electron chi connectivity index (χ1n) is 4.27. The van der Waals surface area contributed by atoms with Gasteiger partial charge in [0.15, 0.2) is 0 Å². The van der Waals surface area contributed by atoms with Crippen LogP contribution in [0.4, 0.5) is 5.69 Å². The van der Waals surface area contributed by atoms with Gasteiger partial charge in [-0.1, -0.05) is 0 Å². The molecule has 0 aromatic carbocycles. The number of hydrogen-bond donors (Lipinski definition) is 1. The van der Waals surface area contributed by atoms with E-state index in [-0.39, 0.29) is 5.60 Å². The van der Waals surface area contributed by atoms with Crippen molar-refractivity contribution >= 4 is 5.69 Å². The topological polar surface area (TPSA) is 71.9 Å². The summed E-state index contributed by atoms with van der Waals surface area (Å²) < 4.78 is 5.49. The SMILES string of the molecule is CC(C)(C)Oc1nccc(C#N)c1N. The molecule has 0 radical (unpaired) electrons. The van der Waals surface area contributed by atoms with Gasteiger partial charge in [-0.25, -0.2) is 4.98 Å². The summed E-state index contributed by atoms with van der Waals surface area (Å²) in [4.78, 5) is 3.97. The van der Waals surface area contributed by atoms with Crippen molar-refractivity contribution in [3.63, 3.8) is 0 Å². The summed E-state index contributed by atoms with van der Waals surface area (Å²) in [5.41, 5.74) is 6.01. The Labute approximate surface area is 83.3 Å². The summed E-state index contributed by atoms with van der Waals surface area (Å²) in [7, 11) is 0. The van der Waals surface area contributed by atoms with E-state index in [1.165, 1.54) is 6.20 Å². The number of nitrogens with two attached hydrogens (primary N) is 1. The number of nitrogen functional groups attached to an aromatic ring is 1. The Morgan fingerprint density at radius 1 is 1.50 bits per heavy atom. The maximum atomic E-state index is 8.73. The normalized spacial score (nSPS) is 10.7. The van der Waals surface area contributed by atoms with Gasteiger partial charge in [0.2, 0.25) is 5.88 Å². The lowest BCUT2D eigenvalue weighted by atomic mass is 10.2.